The number of amides is 4. The third kappa shape index (κ3) is 4.68. The summed E-state index contributed by atoms with van der Waals surface area (Å²) in [4.78, 5) is 61.5. The largest absolute Gasteiger partial charge is 0.456 e. The normalized spacial score (nSPS) is 21.4. The van der Waals surface area contributed by atoms with Crippen molar-refractivity contribution in [1.82, 2.24) is 15.1 Å². The minimum Gasteiger partial charge on any atom is -0.456 e. The maximum atomic E-state index is 12.3. The van der Waals surface area contributed by atoms with Crippen molar-refractivity contribution in [3.8, 4) is 0 Å². The second-order valence-corrected chi connectivity index (χ2v) is 6.46. The Hall–Kier alpha value is -2.71. The highest BCUT2D eigenvalue weighted by Crippen LogP contribution is 2.34. The van der Waals surface area contributed by atoms with Gasteiger partial charge in [-0.3, -0.25) is 28.9 Å². The third-order valence-corrected chi connectivity index (χ3v) is 4.44. The molecule has 1 aliphatic carbocycles. The average Bonchev–Trinajstić information content (AvgIpc) is 2.87. The topological polar surface area (TPSA) is 113 Å². The van der Waals surface area contributed by atoms with Gasteiger partial charge in [-0.2, -0.15) is 0 Å². The quantitative estimate of drug-likeness (QED) is 0.354. The van der Waals surface area contributed by atoms with E-state index in [0.717, 1.165) is 4.90 Å². The Bertz CT molecular complexity index is 616. The van der Waals surface area contributed by atoms with E-state index in [4.69, 9.17) is 4.74 Å². The lowest BCUT2D eigenvalue weighted by atomic mass is 9.85. The molecule has 0 saturated carbocycles. The summed E-state index contributed by atoms with van der Waals surface area (Å²) in [6.45, 7) is -0.752. The van der Waals surface area contributed by atoms with Gasteiger partial charge in [-0.15, -0.1) is 0 Å². The molecule has 0 bridgehead atoms. The molecule has 9 heteroatoms. The maximum Gasteiger partial charge on any atom is 0.308 e. The summed E-state index contributed by atoms with van der Waals surface area (Å²) in [5, 5.41) is 2.33. The van der Waals surface area contributed by atoms with E-state index in [0.29, 0.717) is 12.8 Å². The highest BCUT2D eigenvalue weighted by atomic mass is 16.5. The molecule has 4 amide bonds. The number of likely N-dealkylation sites (tertiary alicyclic amines) is 1. The molecular formula is C17H23N3O6. The van der Waals surface area contributed by atoms with Crippen molar-refractivity contribution in [1.29, 1.82) is 0 Å². The van der Waals surface area contributed by atoms with Gasteiger partial charge < -0.3 is 15.0 Å². The third-order valence-electron chi connectivity index (χ3n) is 4.44. The number of ether oxygens (including phenoxy) is 1. The SMILES string of the molecule is CN(C)C(=O)CNC(=O)COC(=O)CCN1C(=O)[C@H]2CC=CC[C@@H]2C1=O. The summed E-state index contributed by atoms with van der Waals surface area (Å²) in [6.07, 6.45) is 4.70. The molecule has 0 aromatic heterocycles. The van der Waals surface area contributed by atoms with Crippen LogP contribution in [0.3, 0.4) is 0 Å². The monoisotopic (exact) mass is 365 g/mol. The molecule has 0 spiro atoms. The number of carbonyl (C=O) groups is 5. The number of fused-ring (bicyclic) bond motifs is 1. The van der Waals surface area contributed by atoms with Gasteiger partial charge in [0.25, 0.3) is 5.91 Å². The molecule has 1 fully saturated rings. The highest BCUT2D eigenvalue weighted by molar-refractivity contribution is 6.05. The average molecular weight is 365 g/mol. The van der Waals surface area contributed by atoms with Crippen molar-refractivity contribution in [3.05, 3.63) is 12.2 Å². The van der Waals surface area contributed by atoms with Gasteiger partial charge in [0.1, 0.15) is 0 Å². The van der Waals surface area contributed by atoms with Crippen molar-refractivity contribution >= 4 is 29.6 Å². The van der Waals surface area contributed by atoms with E-state index in [2.05, 4.69) is 5.32 Å². The van der Waals surface area contributed by atoms with Crippen LogP contribution in [0.15, 0.2) is 12.2 Å². The van der Waals surface area contributed by atoms with Crippen molar-refractivity contribution < 1.29 is 28.7 Å². The molecule has 2 aliphatic rings. The molecule has 1 aliphatic heterocycles. The Morgan fingerprint density at radius 1 is 1.15 bits per heavy atom. The highest BCUT2D eigenvalue weighted by Gasteiger charge is 2.46. The zero-order valence-electron chi connectivity index (χ0n) is 14.9. The van der Waals surface area contributed by atoms with Crippen LogP contribution in [-0.4, -0.2) is 73.2 Å². The summed E-state index contributed by atoms with van der Waals surface area (Å²) < 4.78 is 4.81. The van der Waals surface area contributed by atoms with Gasteiger partial charge >= 0.3 is 5.97 Å². The molecular weight excluding hydrogens is 342 g/mol. The van der Waals surface area contributed by atoms with E-state index in [1.54, 1.807) is 14.1 Å². The zero-order valence-corrected chi connectivity index (χ0v) is 14.9. The first-order chi connectivity index (χ1) is 12.3. The molecule has 1 N–H and O–H groups in total. The van der Waals surface area contributed by atoms with E-state index < -0.39 is 18.5 Å². The van der Waals surface area contributed by atoms with Gasteiger partial charge in [0.15, 0.2) is 6.61 Å². The van der Waals surface area contributed by atoms with Crippen molar-refractivity contribution in [2.45, 2.75) is 19.3 Å². The van der Waals surface area contributed by atoms with Gasteiger partial charge in [-0.25, -0.2) is 0 Å². The first-order valence-electron chi connectivity index (χ1n) is 8.44. The van der Waals surface area contributed by atoms with Crippen LogP contribution in [0.5, 0.6) is 0 Å². The van der Waals surface area contributed by atoms with Gasteiger partial charge in [-0.1, -0.05) is 12.2 Å². The summed E-state index contributed by atoms with van der Waals surface area (Å²) in [5.41, 5.74) is 0. The smallest absolute Gasteiger partial charge is 0.308 e. The number of carbonyl (C=O) groups excluding carboxylic acids is 5. The minimum absolute atomic E-state index is 0.0514. The molecule has 1 heterocycles. The fourth-order valence-corrected chi connectivity index (χ4v) is 2.89. The summed E-state index contributed by atoms with van der Waals surface area (Å²) in [5.74, 6) is -2.74. The summed E-state index contributed by atoms with van der Waals surface area (Å²) in [7, 11) is 3.11. The number of nitrogens with one attached hydrogen (secondary N) is 1. The summed E-state index contributed by atoms with van der Waals surface area (Å²) >= 11 is 0. The van der Waals surface area contributed by atoms with Gasteiger partial charge in [-0.05, 0) is 12.8 Å². The molecule has 0 radical (unpaired) electrons. The van der Waals surface area contributed by atoms with E-state index in [1.165, 1.54) is 4.90 Å². The van der Waals surface area contributed by atoms with Gasteiger partial charge in [0, 0.05) is 20.6 Å². The molecule has 9 nitrogen and oxygen atoms in total. The Morgan fingerprint density at radius 3 is 2.27 bits per heavy atom. The molecule has 1 saturated heterocycles. The van der Waals surface area contributed by atoms with E-state index in [9.17, 15) is 24.0 Å². The number of hydrogen-bond donors (Lipinski definition) is 1. The lowest BCUT2D eigenvalue weighted by molar-refractivity contribution is -0.150. The fourth-order valence-electron chi connectivity index (χ4n) is 2.89. The van der Waals surface area contributed by atoms with Crippen LogP contribution in [0, 0.1) is 11.8 Å². The van der Waals surface area contributed by atoms with Crippen molar-refractivity contribution in [2.24, 2.45) is 11.8 Å². The number of likely N-dealkylation sites (N-methyl/N-ethyl adjacent to an activating group) is 1. The Labute approximate surface area is 151 Å². The molecule has 0 aromatic carbocycles. The van der Waals surface area contributed by atoms with Crippen LogP contribution in [0.1, 0.15) is 19.3 Å². The van der Waals surface area contributed by atoms with Crippen LogP contribution in [0.2, 0.25) is 0 Å². The Balaban J connectivity index is 1.70. The van der Waals surface area contributed by atoms with Crippen molar-refractivity contribution in [2.75, 3.05) is 33.8 Å². The number of rotatable bonds is 7. The maximum absolute atomic E-state index is 12.3. The van der Waals surface area contributed by atoms with Crippen molar-refractivity contribution in [3.63, 3.8) is 0 Å². The number of imide groups is 1. The van der Waals surface area contributed by atoms with E-state index >= 15 is 0 Å². The first-order valence-corrected chi connectivity index (χ1v) is 8.44. The number of esters is 1. The Kier molecular flexibility index (Phi) is 6.48. The van der Waals surface area contributed by atoms with Crippen LogP contribution in [-0.2, 0) is 28.7 Å². The second kappa shape index (κ2) is 8.59. The predicted octanol–water partition coefficient (Wildman–Crippen LogP) is -0.925. The van der Waals surface area contributed by atoms with Crippen LogP contribution in [0.4, 0.5) is 0 Å². The van der Waals surface area contributed by atoms with Crippen LogP contribution < -0.4 is 5.32 Å². The molecule has 142 valence electrons. The summed E-state index contributed by atoms with van der Waals surface area (Å²) in [6, 6.07) is 0. The van der Waals surface area contributed by atoms with Gasteiger partial charge in [0.2, 0.25) is 17.7 Å². The predicted molar refractivity (Wildman–Crippen MR) is 89.4 cm³/mol. The lowest BCUT2D eigenvalue weighted by Crippen LogP contribution is -2.38. The standard InChI is InChI=1S/C17H23N3O6/c1-19(2)14(22)9-18-13(21)10-26-15(23)7-8-20-16(24)11-5-3-4-6-12(11)17(20)25/h3-4,11-12H,5-10H2,1-2H3,(H,18,21)/t11-,12-/m0/s1. The van der Waals surface area contributed by atoms with E-state index in [-0.39, 0.29) is 49.1 Å². The fraction of sp³-hybridized carbons (Fsp3) is 0.588. The molecule has 26 heavy (non-hydrogen) atoms. The number of hydrogen-bond acceptors (Lipinski definition) is 6. The first kappa shape index (κ1) is 19.6. The molecule has 2 rings (SSSR count). The second-order valence-electron chi connectivity index (χ2n) is 6.46. The number of allylic oxidation sites excluding steroid dienone is 2. The molecule has 0 unspecified atom stereocenters. The Morgan fingerprint density at radius 2 is 1.73 bits per heavy atom. The van der Waals surface area contributed by atoms with Gasteiger partial charge in [0.05, 0.1) is 24.8 Å². The van der Waals surface area contributed by atoms with E-state index in [1.807, 2.05) is 12.2 Å². The molecule has 2 atom stereocenters. The molecule has 0 aromatic rings. The number of nitrogens with zero attached hydrogens (tertiary/aromatic N) is 2. The zero-order chi connectivity index (χ0) is 19.3. The van der Waals surface area contributed by atoms with Crippen LogP contribution >= 0.6 is 0 Å². The lowest BCUT2D eigenvalue weighted by Gasteiger charge is -2.14. The van der Waals surface area contributed by atoms with Crippen LogP contribution in [0.25, 0.3) is 0 Å². The minimum atomic E-state index is -0.687.